The summed E-state index contributed by atoms with van der Waals surface area (Å²) in [5.41, 5.74) is 11.8. The van der Waals surface area contributed by atoms with E-state index < -0.39 is 7.14 Å². The first-order valence-electron chi connectivity index (χ1n) is 22.9. The van der Waals surface area contributed by atoms with Crippen molar-refractivity contribution in [3.63, 3.8) is 0 Å². The molecule has 5 heteroatoms. The molecule has 0 N–H and O–H groups in total. The van der Waals surface area contributed by atoms with Crippen LogP contribution in [-0.2, 0) is 4.57 Å². The lowest BCUT2D eigenvalue weighted by Gasteiger charge is -2.21. The van der Waals surface area contributed by atoms with Crippen molar-refractivity contribution in [3.8, 4) is 67.4 Å². The third kappa shape index (κ3) is 7.38. The summed E-state index contributed by atoms with van der Waals surface area (Å²) in [6.07, 6.45) is 0. The summed E-state index contributed by atoms with van der Waals surface area (Å²) in [6, 6.07) is 87.3. The van der Waals surface area contributed by atoms with Gasteiger partial charge in [-0.15, -0.1) is 0 Å². The highest BCUT2D eigenvalue weighted by Crippen LogP contribution is 2.45. The molecule has 12 rings (SSSR count). The van der Waals surface area contributed by atoms with E-state index in [9.17, 15) is 0 Å². The number of para-hydroxylation sites is 1. The van der Waals surface area contributed by atoms with Crippen molar-refractivity contribution in [2.45, 2.75) is 0 Å². The Morgan fingerprint density at radius 3 is 1.37 bits per heavy atom. The van der Waals surface area contributed by atoms with Crippen molar-refractivity contribution in [1.82, 2.24) is 15.0 Å². The van der Waals surface area contributed by atoms with Crippen LogP contribution in [0.2, 0.25) is 0 Å². The summed E-state index contributed by atoms with van der Waals surface area (Å²) >= 11 is 0. The zero-order valence-corrected chi connectivity index (χ0v) is 37.8. The van der Waals surface area contributed by atoms with Gasteiger partial charge in [-0.3, -0.25) is 0 Å². The van der Waals surface area contributed by atoms with Crippen LogP contribution in [0.3, 0.4) is 0 Å². The molecule has 10 aromatic carbocycles. The first-order chi connectivity index (χ1) is 33.6. The molecule has 0 atom stereocenters. The highest BCUT2D eigenvalue weighted by molar-refractivity contribution is 7.85. The van der Waals surface area contributed by atoms with Crippen molar-refractivity contribution in [2.24, 2.45) is 0 Å². The maximum absolute atomic E-state index is 15.6. The highest BCUT2D eigenvalue weighted by atomic mass is 31.2. The van der Waals surface area contributed by atoms with Crippen LogP contribution in [-0.4, -0.2) is 15.0 Å². The largest absolute Gasteiger partial charge is 0.309 e. The number of hydrogen-bond acceptors (Lipinski definition) is 4. The van der Waals surface area contributed by atoms with Gasteiger partial charge in [-0.1, -0.05) is 231 Å². The zero-order chi connectivity index (χ0) is 45.4. The minimum Gasteiger partial charge on any atom is -0.309 e. The second kappa shape index (κ2) is 17.3. The van der Waals surface area contributed by atoms with Crippen molar-refractivity contribution in [1.29, 1.82) is 0 Å². The molecule has 0 spiro atoms. The van der Waals surface area contributed by atoms with E-state index in [1.807, 2.05) is 103 Å². The van der Waals surface area contributed by atoms with Crippen LogP contribution in [0.1, 0.15) is 0 Å². The van der Waals surface area contributed by atoms with E-state index in [-0.39, 0.29) is 0 Å². The van der Waals surface area contributed by atoms with Crippen LogP contribution in [0.5, 0.6) is 0 Å². The number of pyridine rings is 1. The fourth-order valence-corrected chi connectivity index (χ4v) is 12.3. The molecular weight excluding hydrogens is 846 g/mol. The number of rotatable bonds is 9. The van der Waals surface area contributed by atoms with Crippen LogP contribution < -0.4 is 15.9 Å². The minimum absolute atomic E-state index is 0.676. The zero-order valence-electron chi connectivity index (χ0n) is 36.9. The predicted octanol–water partition coefficient (Wildman–Crippen LogP) is 15.0. The Kier molecular flexibility index (Phi) is 10.4. The average molecular weight is 888 g/mol. The molecule has 68 heavy (non-hydrogen) atoms. The summed E-state index contributed by atoms with van der Waals surface area (Å²) in [7, 11) is -3.25. The summed E-state index contributed by atoms with van der Waals surface area (Å²) in [5, 5.41) is 7.90. The lowest BCUT2D eigenvalue weighted by atomic mass is 9.89. The number of fused-ring (bicyclic) bond motifs is 5. The van der Waals surface area contributed by atoms with Crippen molar-refractivity contribution in [2.75, 3.05) is 0 Å². The first kappa shape index (κ1) is 40.9. The molecule has 0 saturated heterocycles. The SMILES string of the molecule is O=P(c1ccccc1)(c1ccccc1)c1cccc(-c2nc3ccccc3c3c2cc(-c2ccc(-c4cc(-c5ccc(-c6ccccc6)cc5)nc(-c5ccccc5)n4)cc2)c2ccccc23)c1. The molecule has 0 aliphatic rings. The maximum atomic E-state index is 15.6. The van der Waals surface area contributed by atoms with Gasteiger partial charge in [-0.05, 0) is 57.3 Å². The third-order valence-corrected chi connectivity index (χ3v) is 16.0. The highest BCUT2D eigenvalue weighted by Gasteiger charge is 2.30. The van der Waals surface area contributed by atoms with Gasteiger partial charge in [0.1, 0.15) is 0 Å². The quantitative estimate of drug-likeness (QED) is 0.107. The van der Waals surface area contributed by atoms with E-state index in [0.717, 1.165) is 104 Å². The minimum atomic E-state index is -3.25. The molecule has 2 heterocycles. The van der Waals surface area contributed by atoms with Gasteiger partial charge in [-0.2, -0.15) is 0 Å². The van der Waals surface area contributed by atoms with Gasteiger partial charge in [0.2, 0.25) is 0 Å². The molecule has 0 aliphatic carbocycles. The Balaban J connectivity index is 1.00. The van der Waals surface area contributed by atoms with Gasteiger partial charge >= 0.3 is 0 Å². The van der Waals surface area contributed by atoms with Crippen LogP contribution >= 0.6 is 7.14 Å². The number of benzene rings is 10. The molecule has 4 nitrogen and oxygen atoms in total. The summed E-state index contributed by atoms with van der Waals surface area (Å²) < 4.78 is 15.6. The van der Waals surface area contributed by atoms with Gasteiger partial charge < -0.3 is 4.57 Å². The molecule has 0 saturated carbocycles. The monoisotopic (exact) mass is 887 g/mol. The topological polar surface area (TPSA) is 55.7 Å². The molecule has 0 fully saturated rings. The van der Waals surface area contributed by atoms with Crippen LogP contribution in [0, 0.1) is 0 Å². The Hall–Kier alpha value is -8.56. The third-order valence-electron chi connectivity index (χ3n) is 13.0. The standard InChI is InChI=1S/C63H42N3OP/c67-68(50-23-9-3-10-24-50,51-25-11-4-12-26-51)52-27-17-22-49(40-52)62-57-41-56(53-28-13-14-29-54(53)61(57)55-30-15-16-31-58(55)64-62)45-34-38-47(39-35-45)60-42-59(65-63(66-60)48-20-7-2-8-21-48)46-36-32-44(33-37-46)43-18-5-1-6-19-43/h1-42H. The van der Waals surface area contributed by atoms with Gasteiger partial charge in [-0.25, -0.2) is 15.0 Å². The van der Waals surface area contributed by atoms with E-state index in [4.69, 9.17) is 15.0 Å². The van der Waals surface area contributed by atoms with E-state index >= 15 is 4.57 Å². The molecule has 0 bridgehead atoms. The van der Waals surface area contributed by atoms with Crippen LogP contribution in [0.15, 0.2) is 255 Å². The molecule has 0 aliphatic heterocycles. The molecule has 0 radical (unpaired) electrons. The summed E-state index contributed by atoms with van der Waals surface area (Å²) in [6.45, 7) is 0. The van der Waals surface area contributed by atoms with Gasteiger partial charge in [0.25, 0.3) is 0 Å². The molecule has 0 unspecified atom stereocenters. The van der Waals surface area contributed by atoms with E-state index in [1.165, 1.54) is 5.56 Å². The number of aromatic nitrogens is 3. The Labute approximate surface area is 395 Å². The smallest absolute Gasteiger partial charge is 0.171 e. The summed E-state index contributed by atoms with van der Waals surface area (Å²) in [4.78, 5) is 15.7. The van der Waals surface area contributed by atoms with Crippen molar-refractivity contribution >= 4 is 55.5 Å². The normalized spacial score (nSPS) is 11.6. The van der Waals surface area contributed by atoms with Gasteiger partial charge in [0.15, 0.2) is 13.0 Å². The van der Waals surface area contributed by atoms with E-state index in [0.29, 0.717) is 5.82 Å². The molecular formula is C63H42N3OP. The average Bonchev–Trinajstić information content (AvgIpc) is 3.43. The number of hydrogen-bond donors (Lipinski definition) is 0. The molecule has 12 aromatic rings. The second-order valence-corrected chi connectivity index (χ2v) is 19.8. The Morgan fingerprint density at radius 2 is 0.750 bits per heavy atom. The van der Waals surface area contributed by atoms with Crippen LogP contribution in [0.25, 0.3) is 99.9 Å². The lowest BCUT2D eigenvalue weighted by molar-refractivity contribution is 0.592. The molecule has 0 amide bonds. The first-order valence-corrected chi connectivity index (χ1v) is 24.6. The van der Waals surface area contributed by atoms with E-state index in [2.05, 4.69) is 152 Å². The predicted molar refractivity (Wildman–Crippen MR) is 284 cm³/mol. The van der Waals surface area contributed by atoms with Crippen molar-refractivity contribution < 1.29 is 4.57 Å². The molecule has 320 valence electrons. The maximum Gasteiger partial charge on any atom is 0.171 e. The van der Waals surface area contributed by atoms with Gasteiger partial charge in [0, 0.05) is 54.3 Å². The Bertz CT molecular complexity index is 3800. The fraction of sp³-hybridized carbons (Fsp3) is 0. The number of nitrogens with zero attached hydrogens (tertiary/aromatic N) is 3. The second-order valence-electron chi connectivity index (χ2n) is 17.0. The lowest BCUT2D eigenvalue weighted by Crippen LogP contribution is -2.25. The van der Waals surface area contributed by atoms with Gasteiger partial charge in [0.05, 0.1) is 22.6 Å². The van der Waals surface area contributed by atoms with Crippen LogP contribution in [0.4, 0.5) is 0 Å². The molecule has 2 aromatic heterocycles. The fourth-order valence-electron chi connectivity index (χ4n) is 9.59. The van der Waals surface area contributed by atoms with Crippen molar-refractivity contribution in [3.05, 3.63) is 255 Å². The van der Waals surface area contributed by atoms with E-state index in [1.54, 1.807) is 0 Å². The summed E-state index contributed by atoms with van der Waals surface area (Å²) in [5.74, 6) is 0.676. The Morgan fingerprint density at radius 1 is 0.294 bits per heavy atom.